The van der Waals surface area contributed by atoms with Crippen molar-refractivity contribution in [3.8, 4) is 0 Å². The third-order valence-electron chi connectivity index (χ3n) is 6.05. The lowest BCUT2D eigenvalue weighted by Gasteiger charge is -2.31. The molecular formula is C23H28N2O4S. The number of sulfonamides is 1. The lowest BCUT2D eigenvalue weighted by molar-refractivity contribution is -0.127. The predicted molar refractivity (Wildman–Crippen MR) is 115 cm³/mol. The molecule has 30 heavy (non-hydrogen) atoms. The number of amides is 1. The van der Waals surface area contributed by atoms with Crippen molar-refractivity contribution in [3.05, 3.63) is 59.6 Å². The molecule has 1 amide bonds. The van der Waals surface area contributed by atoms with Crippen LogP contribution in [0.15, 0.2) is 52.0 Å². The van der Waals surface area contributed by atoms with Crippen LogP contribution in [0.2, 0.25) is 0 Å². The highest BCUT2D eigenvalue weighted by atomic mass is 32.2. The number of nitrogens with zero attached hydrogens (tertiary/aromatic N) is 1. The average molecular weight is 429 g/mol. The van der Waals surface area contributed by atoms with E-state index in [0.29, 0.717) is 30.3 Å². The molecule has 6 nitrogen and oxygen atoms in total. The average Bonchev–Trinajstić information content (AvgIpc) is 3.30. The quantitative estimate of drug-likeness (QED) is 0.716. The van der Waals surface area contributed by atoms with Gasteiger partial charge in [-0.05, 0) is 85.9 Å². The number of hydrogen-bond acceptors (Lipinski definition) is 4. The Bertz CT molecular complexity index is 1000. The van der Waals surface area contributed by atoms with Gasteiger partial charge in [-0.3, -0.25) is 4.79 Å². The Balaban J connectivity index is 1.27. The Morgan fingerprint density at radius 3 is 2.63 bits per heavy atom. The molecule has 1 aliphatic heterocycles. The predicted octanol–water partition coefficient (Wildman–Crippen LogP) is 3.39. The molecular weight excluding hydrogens is 400 g/mol. The molecule has 2 aromatic rings. The summed E-state index contributed by atoms with van der Waals surface area (Å²) in [5.41, 5.74) is 2.44. The molecule has 1 saturated heterocycles. The van der Waals surface area contributed by atoms with E-state index in [1.807, 2.05) is 12.1 Å². The fourth-order valence-corrected chi connectivity index (χ4v) is 5.36. The normalized spacial score (nSPS) is 17.9. The van der Waals surface area contributed by atoms with Crippen LogP contribution in [-0.4, -0.2) is 38.9 Å². The molecule has 2 heterocycles. The van der Waals surface area contributed by atoms with Crippen molar-refractivity contribution in [3.63, 3.8) is 0 Å². The Morgan fingerprint density at radius 2 is 1.90 bits per heavy atom. The number of carbonyl (C=O) groups is 1. The summed E-state index contributed by atoms with van der Waals surface area (Å²) in [6.07, 6.45) is 10.6. The number of aryl methyl sites for hydroxylation is 2. The van der Waals surface area contributed by atoms with E-state index >= 15 is 0 Å². The summed E-state index contributed by atoms with van der Waals surface area (Å²) in [6.45, 7) is 1.67. The number of rotatable bonds is 6. The van der Waals surface area contributed by atoms with E-state index in [-0.39, 0.29) is 11.8 Å². The van der Waals surface area contributed by atoms with E-state index in [4.69, 9.17) is 4.42 Å². The highest BCUT2D eigenvalue weighted by Crippen LogP contribution is 2.24. The highest BCUT2D eigenvalue weighted by Gasteiger charge is 2.24. The van der Waals surface area contributed by atoms with Crippen LogP contribution in [0.3, 0.4) is 0 Å². The first-order valence-corrected chi connectivity index (χ1v) is 12.1. The van der Waals surface area contributed by atoms with Gasteiger partial charge in [0.05, 0.1) is 11.2 Å². The number of furan rings is 1. The number of nitrogens with one attached hydrogen (secondary N) is 1. The topological polar surface area (TPSA) is 79.6 Å². The summed E-state index contributed by atoms with van der Waals surface area (Å²) in [4.78, 5) is 14.5. The van der Waals surface area contributed by atoms with Crippen LogP contribution in [0, 0.1) is 5.92 Å². The highest BCUT2D eigenvalue weighted by molar-refractivity contribution is 7.89. The zero-order valence-electron chi connectivity index (χ0n) is 17.0. The van der Waals surface area contributed by atoms with Gasteiger partial charge in [-0.25, -0.2) is 13.1 Å². The number of benzene rings is 1. The first-order valence-electron chi connectivity index (χ1n) is 10.6. The van der Waals surface area contributed by atoms with Crippen LogP contribution >= 0.6 is 0 Å². The van der Waals surface area contributed by atoms with Gasteiger partial charge >= 0.3 is 0 Å². The van der Waals surface area contributed by atoms with Crippen LogP contribution in [0.5, 0.6) is 0 Å². The first kappa shape index (κ1) is 20.9. The molecule has 0 bridgehead atoms. The largest absolute Gasteiger partial charge is 0.465 e. The van der Waals surface area contributed by atoms with Crippen LogP contribution in [0.25, 0.3) is 6.08 Å². The van der Waals surface area contributed by atoms with Gasteiger partial charge in [0.15, 0.2) is 0 Å². The van der Waals surface area contributed by atoms with E-state index in [0.717, 1.165) is 32.1 Å². The fourth-order valence-electron chi connectivity index (χ4n) is 4.19. The van der Waals surface area contributed by atoms with E-state index in [9.17, 15) is 13.2 Å². The van der Waals surface area contributed by atoms with Gasteiger partial charge < -0.3 is 9.32 Å². The second kappa shape index (κ2) is 9.18. The van der Waals surface area contributed by atoms with Crippen molar-refractivity contribution < 1.29 is 17.6 Å². The SMILES string of the molecule is O=C(/C=C/c1ccco1)N1CCC(CNS(=O)(=O)c2ccc3c(c2)CCCC3)CC1. The Kier molecular flexibility index (Phi) is 6.39. The van der Waals surface area contributed by atoms with Crippen molar-refractivity contribution in [2.24, 2.45) is 5.92 Å². The minimum atomic E-state index is -3.51. The first-order chi connectivity index (χ1) is 14.5. The maximum atomic E-state index is 12.7. The summed E-state index contributed by atoms with van der Waals surface area (Å²) in [5.74, 6) is 0.838. The van der Waals surface area contributed by atoms with Crippen LogP contribution in [-0.2, 0) is 27.7 Å². The van der Waals surface area contributed by atoms with E-state index in [2.05, 4.69) is 4.72 Å². The molecule has 0 atom stereocenters. The lowest BCUT2D eigenvalue weighted by Crippen LogP contribution is -2.40. The standard InChI is InChI=1S/C23H28N2O4S/c26-23(10-8-21-6-3-15-29-21)25-13-11-18(12-14-25)17-24-30(27,28)22-9-7-19-4-1-2-5-20(19)16-22/h3,6-10,15-16,18,24H,1-2,4-5,11-14,17H2/b10-8+. The summed E-state index contributed by atoms with van der Waals surface area (Å²) in [5, 5.41) is 0. The molecule has 1 aliphatic carbocycles. The molecule has 160 valence electrons. The van der Waals surface area contributed by atoms with Gasteiger partial charge in [-0.2, -0.15) is 0 Å². The van der Waals surface area contributed by atoms with Gasteiger partial charge in [0.2, 0.25) is 15.9 Å². The maximum Gasteiger partial charge on any atom is 0.246 e. The number of likely N-dealkylation sites (tertiary alicyclic amines) is 1. The van der Waals surface area contributed by atoms with E-state index in [1.165, 1.54) is 23.6 Å². The third-order valence-corrected chi connectivity index (χ3v) is 7.47. The minimum absolute atomic E-state index is 0.0421. The van der Waals surface area contributed by atoms with E-state index in [1.54, 1.807) is 35.4 Å². The fraction of sp³-hybridized carbons (Fsp3) is 0.435. The lowest BCUT2D eigenvalue weighted by atomic mass is 9.92. The van der Waals surface area contributed by atoms with Crippen LogP contribution in [0.4, 0.5) is 0 Å². The van der Waals surface area contributed by atoms with Gasteiger partial charge in [-0.1, -0.05) is 6.07 Å². The molecule has 0 spiro atoms. The molecule has 2 aliphatic rings. The van der Waals surface area contributed by atoms with Crippen LogP contribution < -0.4 is 4.72 Å². The molecule has 7 heteroatoms. The van der Waals surface area contributed by atoms with Gasteiger partial charge in [0.1, 0.15) is 5.76 Å². The second-order valence-corrected chi connectivity index (χ2v) is 9.87. The van der Waals surface area contributed by atoms with Gasteiger partial charge in [0, 0.05) is 25.7 Å². The Morgan fingerprint density at radius 1 is 1.13 bits per heavy atom. The summed E-state index contributed by atoms with van der Waals surface area (Å²) in [6, 6.07) is 9.09. The number of piperidine rings is 1. The van der Waals surface area contributed by atoms with Gasteiger partial charge in [-0.15, -0.1) is 0 Å². The summed E-state index contributed by atoms with van der Waals surface area (Å²) in [7, 11) is -3.51. The van der Waals surface area contributed by atoms with Crippen molar-refractivity contribution in [2.45, 2.75) is 43.4 Å². The van der Waals surface area contributed by atoms with Crippen molar-refractivity contribution in [1.82, 2.24) is 9.62 Å². The third kappa shape index (κ3) is 5.02. The van der Waals surface area contributed by atoms with E-state index < -0.39 is 10.0 Å². The molecule has 1 aromatic carbocycles. The summed E-state index contributed by atoms with van der Waals surface area (Å²) >= 11 is 0. The van der Waals surface area contributed by atoms with Crippen molar-refractivity contribution >= 4 is 22.0 Å². The Labute approximate surface area is 178 Å². The number of hydrogen-bond donors (Lipinski definition) is 1. The van der Waals surface area contributed by atoms with Gasteiger partial charge in [0.25, 0.3) is 0 Å². The Hall–Kier alpha value is -2.38. The molecule has 1 fully saturated rings. The number of carbonyl (C=O) groups excluding carboxylic acids is 1. The molecule has 4 rings (SSSR count). The molecule has 0 radical (unpaired) electrons. The molecule has 1 N–H and O–H groups in total. The van der Waals surface area contributed by atoms with Crippen LogP contribution in [0.1, 0.15) is 42.6 Å². The minimum Gasteiger partial charge on any atom is -0.465 e. The number of fused-ring (bicyclic) bond motifs is 1. The second-order valence-electron chi connectivity index (χ2n) is 8.11. The zero-order chi connectivity index (χ0) is 21.0. The summed E-state index contributed by atoms with van der Waals surface area (Å²) < 4.78 is 33.5. The zero-order valence-corrected chi connectivity index (χ0v) is 17.9. The molecule has 0 unspecified atom stereocenters. The molecule has 0 saturated carbocycles. The van der Waals surface area contributed by atoms with Crippen molar-refractivity contribution in [2.75, 3.05) is 19.6 Å². The van der Waals surface area contributed by atoms with Crippen molar-refractivity contribution in [1.29, 1.82) is 0 Å². The molecule has 1 aromatic heterocycles. The monoisotopic (exact) mass is 428 g/mol. The smallest absolute Gasteiger partial charge is 0.246 e. The maximum absolute atomic E-state index is 12.7.